The maximum absolute atomic E-state index is 14.7. The topological polar surface area (TPSA) is 38.0 Å². The molecule has 0 amide bonds. The minimum Gasteiger partial charge on any atom is -0.396 e. The normalized spacial score (nSPS) is 13.3. The molecule has 0 saturated carbocycles. The fourth-order valence-corrected chi connectivity index (χ4v) is 9.10. The van der Waals surface area contributed by atoms with Crippen LogP contribution >= 0.6 is 15.9 Å². The van der Waals surface area contributed by atoms with E-state index < -0.39 is 5.82 Å². The van der Waals surface area contributed by atoms with Crippen molar-refractivity contribution in [1.82, 2.24) is 0 Å². The van der Waals surface area contributed by atoms with Crippen molar-refractivity contribution in [2.45, 2.75) is 38.5 Å². The molecule has 61 heavy (non-hydrogen) atoms. The maximum Gasteiger partial charge on any atom is 0.146 e. The summed E-state index contributed by atoms with van der Waals surface area (Å²) < 4.78 is 54.7. The van der Waals surface area contributed by atoms with Gasteiger partial charge in [-0.1, -0.05) is 153 Å². The Hall–Kier alpha value is -6.44. The predicted octanol–water partition coefficient (Wildman–Crippen LogP) is 15.7. The van der Waals surface area contributed by atoms with Crippen LogP contribution in [0.1, 0.15) is 49.9 Å². The van der Waals surface area contributed by atoms with Crippen LogP contribution in [0.5, 0.6) is 0 Å². The van der Waals surface area contributed by atoms with E-state index in [2.05, 4.69) is 116 Å². The highest BCUT2D eigenvalue weighted by Gasteiger charge is 2.37. The Bertz CT molecular complexity index is 2900. The van der Waals surface area contributed by atoms with Crippen molar-refractivity contribution in [3.8, 4) is 44.5 Å². The second kappa shape index (κ2) is 16.5. The number of hydrogen-bond acceptors (Lipinski definition) is 2. The minimum atomic E-state index is -0.444. The number of nitrogens with one attached hydrogen (secondary N) is 1. The average molecular weight is 876 g/mol. The highest BCUT2D eigenvalue weighted by atomic mass is 79.9. The van der Waals surface area contributed by atoms with E-state index >= 15 is 0 Å². The first kappa shape index (κ1) is 41.3. The van der Waals surface area contributed by atoms with Gasteiger partial charge in [-0.2, -0.15) is 0 Å². The molecular weight excluding hydrogens is 833 g/mol. The summed E-state index contributed by atoms with van der Waals surface area (Å²) in [6, 6.07) is 51.3. The van der Waals surface area contributed by atoms with Crippen molar-refractivity contribution in [1.29, 1.82) is 0 Å². The van der Waals surface area contributed by atoms with Crippen LogP contribution in [0.15, 0.2) is 174 Å². The van der Waals surface area contributed by atoms with Gasteiger partial charge in [0.1, 0.15) is 23.3 Å². The molecule has 2 aliphatic carbocycles. The molecule has 0 aromatic heterocycles. The zero-order chi connectivity index (χ0) is 43.1. The standard InChI is InChI=1S/C27H21F2N.C15H13Br.C12H9F2N/c1-27(2)21-7-4-3-6-20(21)26-22(27)8-5-9-24(26)30-25-16-18(12-15-23(25)29)17-10-13-19(28)14-11-17;1-15(2)11-7-4-3-6-10(11)14-12(15)8-5-9-13(14)16;13-10-4-1-8(2-5-10)9-3-6-11(14)12(15)7-9/h3-16,30H,1-2H3;3-9H,1-2H3;1-7H,15H2. The van der Waals surface area contributed by atoms with Crippen LogP contribution < -0.4 is 11.1 Å². The molecule has 10 rings (SSSR count). The third-order valence-corrected chi connectivity index (χ3v) is 12.4. The SMILES string of the molecule is CC1(C)c2ccccc2-c2c(Br)cccc21.CC1(C)c2ccccc2-c2c(Nc3cc(-c4ccc(F)cc4)ccc3F)cccc21.Nc1cc(-c2ccc(F)cc2)ccc1F. The molecule has 0 saturated heterocycles. The second-order valence-electron chi connectivity index (χ2n) is 16.3. The molecule has 0 spiro atoms. The van der Waals surface area contributed by atoms with E-state index in [1.807, 2.05) is 18.2 Å². The maximum atomic E-state index is 14.7. The molecule has 0 heterocycles. The summed E-state index contributed by atoms with van der Waals surface area (Å²) in [7, 11) is 0. The number of rotatable bonds is 4. The number of benzene rings is 8. The van der Waals surface area contributed by atoms with Gasteiger partial charge in [0.05, 0.1) is 11.4 Å². The highest BCUT2D eigenvalue weighted by molar-refractivity contribution is 9.10. The van der Waals surface area contributed by atoms with Gasteiger partial charge in [-0.05, 0) is 116 Å². The van der Waals surface area contributed by atoms with Gasteiger partial charge >= 0.3 is 0 Å². The number of halogens is 5. The average Bonchev–Trinajstić information content (AvgIpc) is 3.64. The monoisotopic (exact) mass is 874 g/mol. The molecule has 304 valence electrons. The largest absolute Gasteiger partial charge is 0.396 e. The molecule has 0 unspecified atom stereocenters. The summed E-state index contributed by atoms with van der Waals surface area (Å²) in [5.74, 6) is -1.36. The van der Waals surface area contributed by atoms with Crippen molar-refractivity contribution in [2.75, 3.05) is 11.1 Å². The summed E-state index contributed by atoms with van der Waals surface area (Å²) in [6.07, 6.45) is 0. The first-order chi connectivity index (χ1) is 29.2. The van der Waals surface area contributed by atoms with E-state index in [4.69, 9.17) is 5.73 Å². The van der Waals surface area contributed by atoms with Gasteiger partial charge in [0, 0.05) is 32.1 Å². The van der Waals surface area contributed by atoms with Crippen molar-refractivity contribution < 1.29 is 17.6 Å². The van der Waals surface area contributed by atoms with Crippen LogP contribution in [0.2, 0.25) is 0 Å². The number of nitrogens with two attached hydrogens (primary N) is 1. The van der Waals surface area contributed by atoms with Crippen LogP contribution in [0.3, 0.4) is 0 Å². The molecule has 7 heteroatoms. The smallest absolute Gasteiger partial charge is 0.146 e. The summed E-state index contributed by atoms with van der Waals surface area (Å²) in [5, 5.41) is 3.32. The first-order valence-corrected chi connectivity index (χ1v) is 20.8. The Kier molecular flexibility index (Phi) is 11.2. The van der Waals surface area contributed by atoms with E-state index in [0.717, 1.165) is 33.5 Å². The van der Waals surface area contributed by atoms with Crippen LogP contribution in [-0.2, 0) is 10.8 Å². The van der Waals surface area contributed by atoms with Crippen molar-refractivity contribution in [3.05, 3.63) is 220 Å². The summed E-state index contributed by atoms with van der Waals surface area (Å²) >= 11 is 3.67. The number of hydrogen-bond donors (Lipinski definition) is 2. The van der Waals surface area contributed by atoms with E-state index in [-0.39, 0.29) is 34.0 Å². The molecule has 0 aliphatic heterocycles. The Balaban J connectivity index is 0.000000139. The number of anilines is 3. The second-order valence-corrected chi connectivity index (χ2v) is 17.2. The van der Waals surface area contributed by atoms with Crippen LogP contribution in [0.4, 0.5) is 34.6 Å². The van der Waals surface area contributed by atoms with Crippen LogP contribution in [-0.4, -0.2) is 0 Å². The van der Waals surface area contributed by atoms with Gasteiger partial charge in [0.25, 0.3) is 0 Å². The molecule has 0 radical (unpaired) electrons. The van der Waals surface area contributed by atoms with Crippen LogP contribution in [0, 0.1) is 23.3 Å². The lowest BCUT2D eigenvalue weighted by Gasteiger charge is -2.21. The lowest BCUT2D eigenvalue weighted by atomic mass is 9.82. The number of fused-ring (bicyclic) bond motifs is 6. The molecule has 0 bridgehead atoms. The van der Waals surface area contributed by atoms with Gasteiger partial charge in [-0.25, -0.2) is 17.6 Å². The quantitative estimate of drug-likeness (QED) is 0.137. The van der Waals surface area contributed by atoms with Crippen molar-refractivity contribution in [3.63, 3.8) is 0 Å². The fraction of sp³-hybridized carbons (Fsp3) is 0.111. The predicted molar refractivity (Wildman–Crippen MR) is 247 cm³/mol. The first-order valence-electron chi connectivity index (χ1n) is 20.0. The van der Waals surface area contributed by atoms with Gasteiger partial charge in [-0.15, -0.1) is 0 Å². The fourth-order valence-electron chi connectivity index (χ4n) is 8.52. The Morgan fingerprint density at radius 3 is 1.43 bits per heavy atom. The molecule has 0 fully saturated rings. The molecule has 0 atom stereocenters. The Labute approximate surface area is 362 Å². The van der Waals surface area contributed by atoms with Gasteiger partial charge < -0.3 is 11.1 Å². The molecule has 2 nitrogen and oxygen atoms in total. The molecule has 8 aromatic rings. The Morgan fingerprint density at radius 2 is 0.869 bits per heavy atom. The minimum absolute atomic E-state index is 0.0943. The zero-order valence-electron chi connectivity index (χ0n) is 34.1. The van der Waals surface area contributed by atoms with Gasteiger partial charge in [0.2, 0.25) is 0 Å². The van der Waals surface area contributed by atoms with E-state index in [1.165, 1.54) is 85.9 Å². The van der Waals surface area contributed by atoms with E-state index in [0.29, 0.717) is 5.69 Å². The third-order valence-electron chi connectivity index (χ3n) is 11.8. The number of nitrogen functional groups attached to an aromatic ring is 1. The van der Waals surface area contributed by atoms with Gasteiger partial charge in [-0.3, -0.25) is 0 Å². The van der Waals surface area contributed by atoms with E-state index in [1.54, 1.807) is 42.5 Å². The van der Waals surface area contributed by atoms with Crippen molar-refractivity contribution in [2.24, 2.45) is 0 Å². The summed E-state index contributed by atoms with van der Waals surface area (Å²) in [4.78, 5) is 0. The molecular formula is C54H43BrF4N2. The zero-order valence-corrected chi connectivity index (χ0v) is 35.7. The Morgan fingerprint density at radius 1 is 0.426 bits per heavy atom. The third kappa shape index (κ3) is 7.98. The summed E-state index contributed by atoms with van der Waals surface area (Å²) in [6.45, 7) is 9.03. The summed E-state index contributed by atoms with van der Waals surface area (Å²) in [5.41, 5.74) is 20.4. The molecule has 8 aromatic carbocycles. The van der Waals surface area contributed by atoms with E-state index in [9.17, 15) is 17.6 Å². The lowest BCUT2D eigenvalue weighted by Crippen LogP contribution is -2.14. The van der Waals surface area contributed by atoms with Crippen molar-refractivity contribution >= 4 is 33.0 Å². The lowest BCUT2D eigenvalue weighted by molar-refractivity contribution is 0.627. The molecule has 2 aliphatic rings. The van der Waals surface area contributed by atoms with Crippen LogP contribution in [0.25, 0.3) is 44.5 Å². The highest BCUT2D eigenvalue weighted by Crippen LogP contribution is 2.52. The van der Waals surface area contributed by atoms with Gasteiger partial charge in [0.15, 0.2) is 0 Å². The molecule has 3 N–H and O–H groups in total.